The minimum atomic E-state index is -0.821. The molecule has 90 valence electrons. The molecule has 0 spiro atoms. The van der Waals surface area contributed by atoms with Crippen molar-refractivity contribution in [2.75, 3.05) is 13.6 Å². The van der Waals surface area contributed by atoms with Gasteiger partial charge >= 0.3 is 0 Å². The quantitative estimate of drug-likeness (QED) is 0.671. The number of amidine groups is 1. The number of hydrogen-bond acceptors (Lipinski definition) is 3. The fourth-order valence-electron chi connectivity index (χ4n) is 1.80. The van der Waals surface area contributed by atoms with Crippen molar-refractivity contribution in [1.82, 2.24) is 10.2 Å². The molecule has 1 rings (SSSR count). The number of likely N-dealkylation sites (N-methyl/N-ethyl adjacent to an activating group) is 1. The summed E-state index contributed by atoms with van der Waals surface area (Å²) in [5, 5.41) is 2.52. The van der Waals surface area contributed by atoms with E-state index in [-0.39, 0.29) is 12.5 Å². The summed E-state index contributed by atoms with van der Waals surface area (Å²) in [7, 11) is 1.74. The molecule has 1 heterocycles. The highest BCUT2D eigenvalue weighted by atomic mass is 16.2. The molecule has 1 aliphatic rings. The molecular weight excluding hydrogens is 206 g/mol. The van der Waals surface area contributed by atoms with Crippen LogP contribution in [0.1, 0.15) is 33.1 Å². The van der Waals surface area contributed by atoms with Gasteiger partial charge in [0.25, 0.3) is 5.91 Å². The first-order chi connectivity index (χ1) is 7.55. The number of nitrogens with one attached hydrogen (secondary N) is 1. The van der Waals surface area contributed by atoms with Gasteiger partial charge in [0.15, 0.2) is 5.54 Å². The van der Waals surface area contributed by atoms with Gasteiger partial charge in [0.05, 0.1) is 6.54 Å². The van der Waals surface area contributed by atoms with E-state index in [2.05, 4.69) is 17.2 Å². The lowest BCUT2D eigenvalue weighted by molar-refractivity contribution is -0.129. The number of aliphatic imine (C=N–C) groups is 1. The molecule has 0 aliphatic carbocycles. The van der Waals surface area contributed by atoms with Crippen molar-refractivity contribution in [3.63, 3.8) is 0 Å². The number of unbranched alkanes of at least 4 members (excludes halogenated alkanes) is 1. The monoisotopic (exact) mass is 225 g/mol. The third-order valence-electron chi connectivity index (χ3n) is 2.81. The van der Waals surface area contributed by atoms with Gasteiger partial charge in [-0.3, -0.25) is 14.6 Å². The molecule has 0 saturated carbocycles. The molecule has 5 heteroatoms. The van der Waals surface area contributed by atoms with E-state index in [1.807, 2.05) is 0 Å². The Morgan fingerprint density at radius 3 is 2.81 bits per heavy atom. The highest BCUT2D eigenvalue weighted by molar-refractivity contribution is 6.07. The Morgan fingerprint density at radius 2 is 2.25 bits per heavy atom. The van der Waals surface area contributed by atoms with Crippen molar-refractivity contribution in [3.8, 4) is 0 Å². The van der Waals surface area contributed by atoms with E-state index >= 15 is 0 Å². The van der Waals surface area contributed by atoms with Gasteiger partial charge in [-0.2, -0.15) is 0 Å². The molecule has 0 aromatic heterocycles. The second-order valence-electron chi connectivity index (χ2n) is 4.27. The fraction of sp³-hybridized carbons (Fsp3) is 0.727. The third-order valence-corrected chi connectivity index (χ3v) is 2.81. The molecule has 1 N–H and O–H groups in total. The molecule has 0 bridgehead atoms. The lowest BCUT2D eigenvalue weighted by atomic mass is 10.0. The predicted molar refractivity (Wildman–Crippen MR) is 62.2 cm³/mol. The van der Waals surface area contributed by atoms with E-state index in [4.69, 9.17) is 0 Å². The van der Waals surface area contributed by atoms with Crippen molar-refractivity contribution in [2.24, 2.45) is 4.99 Å². The van der Waals surface area contributed by atoms with Crippen molar-refractivity contribution in [2.45, 2.75) is 38.6 Å². The zero-order valence-electron chi connectivity index (χ0n) is 10.1. The first kappa shape index (κ1) is 12.7. The molecule has 0 saturated heterocycles. The molecule has 5 nitrogen and oxygen atoms in total. The summed E-state index contributed by atoms with van der Waals surface area (Å²) in [6.07, 6.45) is 3.51. The number of carbonyl (C=O) groups excluding carboxylic acids is 2. The lowest BCUT2D eigenvalue weighted by Crippen LogP contribution is -2.45. The molecular formula is C11H19N3O2. The van der Waals surface area contributed by atoms with Crippen LogP contribution in [0.25, 0.3) is 0 Å². The van der Waals surface area contributed by atoms with Gasteiger partial charge in [0.1, 0.15) is 5.84 Å². The standard InChI is InChI=1S/C11H19N3O2/c1-4-5-6-9-13-11(2,7-12-8-15)10(16)14(9)3/h8H,4-7H2,1-3H3,(H,12,15). The van der Waals surface area contributed by atoms with Crippen LogP contribution in [0.2, 0.25) is 0 Å². The summed E-state index contributed by atoms with van der Waals surface area (Å²) in [6.45, 7) is 4.11. The number of rotatable bonds is 6. The number of carbonyl (C=O) groups is 2. The third kappa shape index (κ3) is 2.40. The molecule has 1 atom stereocenters. The van der Waals surface area contributed by atoms with Gasteiger partial charge in [0.2, 0.25) is 6.41 Å². The molecule has 1 aliphatic heterocycles. The summed E-state index contributed by atoms with van der Waals surface area (Å²) in [5.41, 5.74) is -0.821. The summed E-state index contributed by atoms with van der Waals surface area (Å²) < 4.78 is 0. The molecule has 0 radical (unpaired) electrons. The second kappa shape index (κ2) is 5.09. The highest BCUT2D eigenvalue weighted by Crippen LogP contribution is 2.22. The first-order valence-electron chi connectivity index (χ1n) is 5.59. The van der Waals surface area contributed by atoms with Crippen LogP contribution in [0.5, 0.6) is 0 Å². The van der Waals surface area contributed by atoms with Gasteiger partial charge < -0.3 is 10.2 Å². The molecule has 0 aromatic rings. The Morgan fingerprint density at radius 1 is 1.56 bits per heavy atom. The van der Waals surface area contributed by atoms with Crippen LogP contribution in [0.15, 0.2) is 4.99 Å². The Balaban J connectivity index is 2.75. The van der Waals surface area contributed by atoms with Gasteiger partial charge in [-0.05, 0) is 13.3 Å². The highest BCUT2D eigenvalue weighted by Gasteiger charge is 2.42. The van der Waals surface area contributed by atoms with Crippen molar-refractivity contribution < 1.29 is 9.59 Å². The maximum absolute atomic E-state index is 12.0. The van der Waals surface area contributed by atoms with Gasteiger partial charge in [0, 0.05) is 13.5 Å². The zero-order chi connectivity index (χ0) is 12.2. The Labute approximate surface area is 95.9 Å². The Bertz CT molecular complexity index is 314. The number of hydrogen-bond donors (Lipinski definition) is 1. The molecule has 16 heavy (non-hydrogen) atoms. The number of nitrogens with zero attached hydrogens (tertiary/aromatic N) is 2. The minimum absolute atomic E-state index is 0.0482. The lowest BCUT2D eigenvalue weighted by Gasteiger charge is -2.19. The molecule has 0 fully saturated rings. The Hall–Kier alpha value is -1.39. The van der Waals surface area contributed by atoms with Crippen LogP contribution >= 0.6 is 0 Å². The van der Waals surface area contributed by atoms with Gasteiger partial charge in [-0.1, -0.05) is 13.3 Å². The van der Waals surface area contributed by atoms with Crippen LogP contribution in [-0.2, 0) is 9.59 Å². The van der Waals surface area contributed by atoms with Crippen molar-refractivity contribution >= 4 is 18.2 Å². The first-order valence-corrected chi connectivity index (χ1v) is 5.59. The SMILES string of the molecule is CCCCC1=NC(C)(CNC=O)C(=O)N1C. The van der Waals surface area contributed by atoms with Crippen LogP contribution in [0, 0.1) is 0 Å². The van der Waals surface area contributed by atoms with Crippen molar-refractivity contribution in [1.29, 1.82) is 0 Å². The van der Waals surface area contributed by atoms with E-state index < -0.39 is 5.54 Å². The summed E-state index contributed by atoms with van der Waals surface area (Å²) >= 11 is 0. The molecule has 1 unspecified atom stereocenters. The van der Waals surface area contributed by atoms with Crippen LogP contribution in [-0.4, -0.2) is 42.2 Å². The average Bonchev–Trinajstić information content (AvgIpc) is 2.49. The fourth-order valence-corrected chi connectivity index (χ4v) is 1.80. The Kier molecular flexibility index (Phi) is 4.04. The summed E-state index contributed by atoms with van der Waals surface area (Å²) in [6, 6.07) is 0. The smallest absolute Gasteiger partial charge is 0.257 e. The maximum Gasteiger partial charge on any atom is 0.257 e. The summed E-state index contributed by atoms with van der Waals surface area (Å²) in [4.78, 5) is 28.3. The van der Waals surface area contributed by atoms with Crippen LogP contribution in [0.3, 0.4) is 0 Å². The van der Waals surface area contributed by atoms with Crippen molar-refractivity contribution in [3.05, 3.63) is 0 Å². The molecule has 0 aromatic carbocycles. The predicted octanol–water partition coefficient (Wildman–Crippen LogP) is 0.552. The summed E-state index contributed by atoms with van der Waals surface area (Å²) in [5.74, 6) is 0.773. The molecule has 2 amide bonds. The van der Waals surface area contributed by atoms with E-state index in [1.54, 1.807) is 18.9 Å². The van der Waals surface area contributed by atoms with E-state index in [1.165, 1.54) is 0 Å². The van der Waals surface area contributed by atoms with Gasteiger partial charge in [-0.25, -0.2) is 0 Å². The average molecular weight is 225 g/mol. The van der Waals surface area contributed by atoms with Crippen LogP contribution in [0.4, 0.5) is 0 Å². The van der Waals surface area contributed by atoms with Gasteiger partial charge in [-0.15, -0.1) is 0 Å². The second-order valence-corrected chi connectivity index (χ2v) is 4.27. The number of amides is 2. The van der Waals surface area contributed by atoms with E-state index in [0.717, 1.165) is 25.1 Å². The topological polar surface area (TPSA) is 61.8 Å². The van der Waals surface area contributed by atoms with E-state index in [0.29, 0.717) is 6.41 Å². The maximum atomic E-state index is 12.0. The minimum Gasteiger partial charge on any atom is -0.356 e. The van der Waals surface area contributed by atoms with E-state index in [9.17, 15) is 9.59 Å². The normalized spacial score (nSPS) is 24.6. The zero-order valence-corrected chi connectivity index (χ0v) is 10.1. The van der Waals surface area contributed by atoms with Crippen LogP contribution < -0.4 is 5.32 Å². The largest absolute Gasteiger partial charge is 0.356 e.